The molecule has 0 radical (unpaired) electrons. The summed E-state index contributed by atoms with van der Waals surface area (Å²) < 4.78 is 0. The summed E-state index contributed by atoms with van der Waals surface area (Å²) in [6.07, 6.45) is 0. The van der Waals surface area contributed by atoms with Gasteiger partial charge in [-0.25, -0.2) is 0 Å². The van der Waals surface area contributed by atoms with Gasteiger partial charge in [-0.1, -0.05) is 12.1 Å². The van der Waals surface area contributed by atoms with Gasteiger partial charge in [0.2, 0.25) is 5.91 Å². The lowest BCUT2D eigenvalue weighted by molar-refractivity contribution is -0.127. The molecule has 0 aliphatic rings. The van der Waals surface area contributed by atoms with Crippen molar-refractivity contribution in [3.8, 4) is 0 Å². The minimum absolute atomic E-state index is 0.214. The van der Waals surface area contributed by atoms with Crippen LogP contribution in [-0.4, -0.2) is 29.6 Å². The molecule has 1 rings (SSSR count). The minimum Gasteiger partial charge on any atom is -0.399 e. The second-order valence-electron chi connectivity index (χ2n) is 4.19. The van der Waals surface area contributed by atoms with E-state index in [0.717, 1.165) is 30.1 Å². The molecule has 0 aliphatic heterocycles. The Bertz CT molecular complexity index is 403. The molecule has 0 saturated carbocycles. The predicted molar refractivity (Wildman–Crippen MR) is 79.7 cm³/mol. The molecule has 0 atom stereocenters. The lowest BCUT2D eigenvalue weighted by atomic mass is 10.1. The van der Waals surface area contributed by atoms with Gasteiger partial charge in [-0.3, -0.25) is 4.79 Å². The molecule has 1 aromatic carbocycles. The second-order valence-corrected chi connectivity index (χ2v) is 5.18. The number of benzene rings is 1. The number of carbonyl (C=O) groups excluding carboxylic acids is 1. The molecule has 0 spiro atoms. The van der Waals surface area contributed by atoms with Crippen LogP contribution in [0.25, 0.3) is 0 Å². The van der Waals surface area contributed by atoms with Crippen LogP contribution in [-0.2, 0) is 10.5 Å². The fraction of sp³-hybridized carbons (Fsp3) is 0.500. The molecule has 0 saturated heterocycles. The Morgan fingerprint density at radius 1 is 1.33 bits per heavy atom. The van der Waals surface area contributed by atoms with Crippen LogP contribution >= 0.6 is 11.8 Å². The SMILES string of the molecule is CCN(CC)C(=O)CSCc1cccc(N)c1C. The van der Waals surface area contributed by atoms with Crippen LogP contribution in [0.4, 0.5) is 5.69 Å². The monoisotopic (exact) mass is 266 g/mol. The Kier molecular flexibility index (Phi) is 6.05. The van der Waals surface area contributed by atoms with Gasteiger partial charge in [0, 0.05) is 24.5 Å². The maximum atomic E-state index is 11.8. The Morgan fingerprint density at radius 3 is 2.61 bits per heavy atom. The summed E-state index contributed by atoms with van der Waals surface area (Å²) in [7, 11) is 0. The van der Waals surface area contributed by atoms with Crippen LogP contribution in [0.15, 0.2) is 18.2 Å². The van der Waals surface area contributed by atoms with Crippen LogP contribution in [0.1, 0.15) is 25.0 Å². The summed E-state index contributed by atoms with van der Waals surface area (Å²) in [4.78, 5) is 13.7. The van der Waals surface area contributed by atoms with Gasteiger partial charge in [0.1, 0.15) is 0 Å². The van der Waals surface area contributed by atoms with Crippen LogP contribution < -0.4 is 5.73 Å². The highest BCUT2D eigenvalue weighted by Crippen LogP contribution is 2.20. The van der Waals surface area contributed by atoms with Crippen molar-refractivity contribution in [1.82, 2.24) is 4.90 Å². The molecule has 4 heteroatoms. The summed E-state index contributed by atoms with van der Waals surface area (Å²) >= 11 is 1.65. The van der Waals surface area contributed by atoms with Gasteiger partial charge >= 0.3 is 0 Å². The third kappa shape index (κ3) is 3.95. The number of nitrogen functional groups attached to an aromatic ring is 1. The van der Waals surface area contributed by atoms with Crippen molar-refractivity contribution >= 4 is 23.4 Å². The van der Waals surface area contributed by atoms with Crippen LogP contribution in [0.2, 0.25) is 0 Å². The van der Waals surface area contributed by atoms with Crippen LogP contribution in [0.3, 0.4) is 0 Å². The lowest BCUT2D eigenvalue weighted by Crippen LogP contribution is -2.31. The Morgan fingerprint density at radius 2 is 2.00 bits per heavy atom. The highest BCUT2D eigenvalue weighted by Gasteiger charge is 2.09. The average Bonchev–Trinajstić information content (AvgIpc) is 2.36. The van der Waals surface area contributed by atoms with Crippen molar-refractivity contribution < 1.29 is 4.79 Å². The number of nitrogens with zero attached hydrogens (tertiary/aromatic N) is 1. The number of nitrogens with two attached hydrogens (primary N) is 1. The molecular weight excluding hydrogens is 244 g/mol. The maximum absolute atomic E-state index is 11.8. The van der Waals surface area contributed by atoms with E-state index in [2.05, 4.69) is 6.07 Å². The van der Waals surface area contributed by atoms with Crippen molar-refractivity contribution in [3.05, 3.63) is 29.3 Å². The van der Waals surface area contributed by atoms with Gasteiger partial charge in [0.05, 0.1) is 5.75 Å². The van der Waals surface area contributed by atoms with Crippen molar-refractivity contribution in [2.45, 2.75) is 26.5 Å². The first-order valence-corrected chi connectivity index (χ1v) is 7.45. The van der Waals surface area contributed by atoms with Gasteiger partial charge in [-0.15, -0.1) is 11.8 Å². The van der Waals surface area contributed by atoms with E-state index < -0.39 is 0 Å². The fourth-order valence-corrected chi connectivity index (χ4v) is 2.77. The second kappa shape index (κ2) is 7.31. The lowest BCUT2D eigenvalue weighted by Gasteiger charge is -2.18. The van der Waals surface area contributed by atoms with E-state index in [0.29, 0.717) is 5.75 Å². The van der Waals surface area contributed by atoms with Crippen molar-refractivity contribution in [2.75, 3.05) is 24.6 Å². The van der Waals surface area contributed by atoms with Crippen LogP contribution in [0, 0.1) is 6.92 Å². The Hall–Kier alpha value is -1.16. The van der Waals surface area contributed by atoms with Gasteiger partial charge in [-0.2, -0.15) is 0 Å². The highest BCUT2D eigenvalue weighted by molar-refractivity contribution is 7.99. The molecule has 100 valence electrons. The molecule has 18 heavy (non-hydrogen) atoms. The first-order valence-electron chi connectivity index (χ1n) is 6.29. The Labute approximate surface area is 114 Å². The predicted octanol–water partition coefficient (Wildman–Crippen LogP) is 2.68. The molecule has 0 fully saturated rings. The highest BCUT2D eigenvalue weighted by atomic mass is 32.2. The quantitative estimate of drug-likeness (QED) is 0.805. The molecule has 0 bridgehead atoms. The van der Waals surface area contributed by atoms with E-state index in [-0.39, 0.29) is 5.91 Å². The first-order chi connectivity index (χ1) is 8.60. The minimum atomic E-state index is 0.214. The third-order valence-corrected chi connectivity index (χ3v) is 4.05. The average molecular weight is 266 g/mol. The molecule has 3 nitrogen and oxygen atoms in total. The zero-order valence-corrected chi connectivity index (χ0v) is 12.2. The number of carbonyl (C=O) groups is 1. The summed E-state index contributed by atoms with van der Waals surface area (Å²) in [5.41, 5.74) is 9.02. The van der Waals surface area contributed by atoms with Gasteiger partial charge < -0.3 is 10.6 Å². The van der Waals surface area contributed by atoms with E-state index in [4.69, 9.17) is 5.73 Å². The summed E-state index contributed by atoms with van der Waals surface area (Å²) in [5.74, 6) is 1.59. The van der Waals surface area contributed by atoms with Gasteiger partial charge in [0.25, 0.3) is 0 Å². The molecule has 1 aromatic rings. The third-order valence-electron chi connectivity index (χ3n) is 3.09. The summed E-state index contributed by atoms with van der Waals surface area (Å²) in [6.45, 7) is 7.61. The van der Waals surface area contributed by atoms with Crippen molar-refractivity contribution in [2.24, 2.45) is 0 Å². The van der Waals surface area contributed by atoms with E-state index in [9.17, 15) is 4.79 Å². The van der Waals surface area contributed by atoms with Crippen LogP contribution in [0.5, 0.6) is 0 Å². The largest absolute Gasteiger partial charge is 0.399 e. The van der Waals surface area contributed by atoms with Crippen molar-refractivity contribution in [3.63, 3.8) is 0 Å². The summed E-state index contributed by atoms with van der Waals surface area (Å²) in [6, 6.07) is 5.94. The van der Waals surface area contributed by atoms with Gasteiger partial charge in [0.15, 0.2) is 0 Å². The van der Waals surface area contributed by atoms with E-state index in [1.165, 1.54) is 5.56 Å². The zero-order valence-electron chi connectivity index (χ0n) is 11.4. The Balaban J connectivity index is 2.47. The van der Waals surface area contributed by atoms with E-state index in [1.807, 2.05) is 37.8 Å². The topological polar surface area (TPSA) is 46.3 Å². The summed E-state index contributed by atoms with van der Waals surface area (Å²) in [5, 5.41) is 0. The van der Waals surface area contributed by atoms with E-state index in [1.54, 1.807) is 11.8 Å². The number of hydrogen-bond donors (Lipinski definition) is 1. The normalized spacial score (nSPS) is 10.4. The zero-order chi connectivity index (χ0) is 13.5. The first kappa shape index (κ1) is 14.9. The smallest absolute Gasteiger partial charge is 0.232 e. The number of amides is 1. The fourth-order valence-electron chi connectivity index (χ4n) is 1.78. The molecule has 0 unspecified atom stereocenters. The molecule has 0 heterocycles. The molecule has 0 aromatic heterocycles. The maximum Gasteiger partial charge on any atom is 0.232 e. The van der Waals surface area contributed by atoms with E-state index >= 15 is 0 Å². The number of thioether (sulfide) groups is 1. The molecular formula is C14H22N2OS. The molecule has 1 amide bonds. The number of rotatable bonds is 6. The number of anilines is 1. The standard InChI is InChI=1S/C14H22N2OS/c1-4-16(5-2)14(17)10-18-9-12-7-6-8-13(15)11(12)3/h6-8H,4-5,9-10,15H2,1-3H3. The molecule has 0 aliphatic carbocycles. The number of hydrogen-bond acceptors (Lipinski definition) is 3. The van der Waals surface area contributed by atoms with Crippen molar-refractivity contribution in [1.29, 1.82) is 0 Å². The molecule has 2 N–H and O–H groups in total. The van der Waals surface area contributed by atoms with Gasteiger partial charge in [-0.05, 0) is 38.0 Å².